The van der Waals surface area contributed by atoms with E-state index in [0.717, 1.165) is 13.1 Å². The summed E-state index contributed by atoms with van der Waals surface area (Å²) in [6, 6.07) is 6.97. The zero-order valence-corrected chi connectivity index (χ0v) is 11.7. The molecule has 0 spiro atoms. The van der Waals surface area contributed by atoms with Gasteiger partial charge < -0.3 is 10.0 Å². The van der Waals surface area contributed by atoms with Crippen molar-refractivity contribution in [1.29, 1.82) is 0 Å². The van der Waals surface area contributed by atoms with Crippen molar-refractivity contribution in [1.82, 2.24) is 4.90 Å². The number of benzene rings is 1. The molecule has 2 nitrogen and oxygen atoms in total. The molecule has 0 aliphatic heterocycles. The number of nitrogens with zero attached hydrogens (tertiary/aromatic N) is 1. The summed E-state index contributed by atoms with van der Waals surface area (Å²) in [5, 5.41) is 10.1. The van der Waals surface area contributed by atoms with Gasteiger partial charge in [-0.15, -0.1) is 0 Å². The van der Waals surface area contributed by atoms with Crippen molar-refractivity contribution in [2.45, 2.75) is 51.2 Å². The average molecular weight is 265 g/mol. The smallest absolute Gasteiger partial charge is 0.123 e. The Bertz CT molecular complexity index is 390. The second-order valence-corrected chi connectivity index (χ2v) is 5.43. The highest BCUT2D eigenvalue weighted by atomic mass is 19.1. The molecule has 1 unspecified atom stereocenters. The monoisotopic (exact) mass is 265 g/mol. The minimum absolute atomic E-state index is 0.278. The fraction of sp³-hybridized carbons (Fsp3) is 0.625. The number of aliphatic hydroxyl groups excluding tert-OH is 1. The van der Waals surface area contributed by atoms with E-state index in [-0.39, 0.29) is 5.82 Å². The summed E-state index contributed by atoms with van der Waals surface area (Å²) in [6.45, 7) is 4.09. The second-order valence-electron chi connectivity index (χ2n) is 5.43. The molecule has 0 heterocycles. The van der Waals surface area contributed by atoms with Gasteiger partial charge in [0.15, 0.2) is 0 Å². The highest BCUT2D eigenvalue weighted by molar-refractivity contribution is 5.18. The van der Waals surface area contributed by atoms with Crippen LogP contribution in [-0.2, 0) is 0 Å². The van der Waals surface area contributed by atoms with Gasteiger partial charge in [0.2, 0.25) is 0 Å². The molecule has 1 atom stereocenters. The molecule has 1 fully saturated rings. The first-order valence-corrected chi connectivity index (χ1v) is 7.38. The highest BCUT2D eigenvalue weighted by Crippen LogP contribution is 2.25. The van der Waals surface area contributed by atoms with Gasteiger partial charge in [-0.1, -0.05) is 31.9 Å². The summed E-state index contributed by atoms with van der Waals surface area (Å²) >= 11 is 0. The molecule has 1 aliphatic carbocycles. The molecule has 1 aromatic carbocycles. The Kier molecular flexibility index (Phi) is 5.34. The van der Waals surface area contributed by atoms with Gasteiger partial charge in [-0.05, 0) is 43.5 Å². The summed E-state index contributed by atoms with van der Waals surface area (Å²) in [6.07, 6.45) is 5.33. The standard InChI is InChI=1S/C16H24FNO/c1-2-18(15-8-3-4-9-15)11-10-16(19)13-6-5-7-14(17)12-13/h5-7,12,15-16,19H,2-4,8-11H2,1H3. The summed E-state index contributed by atoms with van der Waals surface area (Å²) in [5.74, 6) is -0.278. The lowest BCUT2D eigenvalue weighted by Gasteiger charge is -2.28. The first-order chi connectivity index (χ1) is 9.20. The van der Waals surface area contributed by atoms with E-state index in [4.69, 9.17) is 0 Å². The van der Waals surface area contributed by atoms with Crippen molar-refractivity contribution < 1.29 is 9.50 Å². The van der Waals surface area contributed by atoms with Gasteiger partial charge in [-0.25, -0.2) is 4.39 Å². The van der Waals surface area contributed by atoms with Crippen molar-refractivity contribution in [3.05, 3.63) is 35.6 Å². The van der Waals surface area contributed by atoms with Crippen molar-refractivity contribution in [3.8, 4) is 0 Å². The Labute approximate surface area is 115 Å². The molecule has 3 heteroatoms. The minimum Gasteiger partial charge on any atom is -0.388 e. The molecular formula is C16H24FNO. The maximum atomic E-state index is 13.1. The normalized spacial score (nSPS) is 18.1. The third kappa shape index (κ3) is 4.02. The zero-order chi connectivity index (χ0) is 13.7. The summed E-state index contributed by atoms with van der Waals surface area (Å²) in [7, 11) is 0. The van der Waals surface area contributed by atoms with Crippen LogP contribution in [0.1, 0.15) is 50.7 Å². The van der Waals surface area contributed by atoms with E-state index in [1.165, 1.54) is 37.8 Å². The topological polar surface area (TPSA) is 23.5 Å². The Morgan fingerprint density at radius 3 is 2.74 bits per heavy atom. The van der Waals surface area contributed by atoms with Crippen LogP contribution in [0.15, 0.2) is 24.3 Å². The van der Waals surface area contributed by atoms with E-state index in [9.17, 15) is 9.50 Å². The number of halogens is 1. The Hall–Kier alpha value is -0.930. The van der Waals surface area contributed by atoms with Crippen molar-refractivity contribution >= 4 is 0 Å². The molecule has 1 saturated carbocycles. The third-order valence-electron chi connectivity index (χ3n) is 4.17. The molecule has 0 aromatic heterocycles. The lowest BCUT2D eigenvalue weighted by atomic mass is 10.1. The predicted octanol–water partition coefficient (Wildman–Crippen LogP) is 3.51. The van der Waals surface area contributed by atoms with Crippen molar-refractivity contribution in [2.75, 3.05) is 13.1 Å². The van der Waals surface area contributed by atoms with Crippen LogP contribution < -0.4 is 0 Å². The van der Waals surface area contributed by atoms with E-state index in [1.54, 1.807) is 12.1 Å². The van der Waals surface area contributed by atoms with Crippen LogP contribution in [0.2, 0.25) is 0 Å². The molecule has 106 valence electrons. The van der Waals surface area contributed by atoms with Crippen LogP contribution in [0.3, 0.4) is 0 Å². The van der Waals surface area contributed by atoms with Gasteiger partial charge in [-0.2, -0.15) is 0 Å². The lowest BCUT2D eigenvalue weighted by Crippen LogP contribution is -2.34. The first-order valence-electron chi connectivity index (χ1n) is 7.38. The summed E-state index contributed by atoms with van der Waals surface area (Å²) in [5.41, 5.74) is 0.683. The quantitative estimate of drug-likeness (QED) is 0.850. The van der Waals surface area contributed by atoms with Crippen LogP contribution in [0.4, 0.5) is 4.39 Å². The van der Waals surface area contributed by atoms with Crippen molar-refractivity contribution in [2.24, 2.45) is 0 Å². The number of aliphatic hydroxyl groups is 1. The first kappa shape index (κ1) is 14.5. The highest BCUT2D eigenvalue weighted by Gasteiger charge is 2.21. The van der Waals surface area contributed by atoms with Gasteiger partial charge >= 0.3 is 0 Å². The molecule has 1 aliphatic rings. The molecule has 0 amide bonds. The maximum Gasteiger partial charge on any atom is 0.123 e. The summed E-state index contributed by atoms with van der Waals surface area (Å²) < 4.78 is 13.1. The molecule has 0 saturated heterocycles. The van der Waals surface area contributed by atoms with Gasteiger partial charge in [0.05, 0.1) is 6.10 Å². The maximum absolute atomic E-state index is 13.1. The van der Waals surface area contributed by atoms with Crippen LogP contribution in [0.5, 0.6) is 0 Å². The van der Waals surface area contributed by atoms with Crippen LogP contribution in [-0.4, -0.2) is 29.1 Å². The van der Waals surface area contributed by atoms with Gasteiger partial charge in [-0.3, -0.25) is 0 Å². The molecular weight excluding hydrogens is 241 g/mol. The van der Waals surface area contributed by atoms with E-state index in [0.29, 0.717) is 18.0 Å². The average Bonchev–Trinajstić information content (AvgIpc) is 2.93. The predicted molar refractivity (Wildman–Crippen MR) is 75.5 cm³/mol. The fourth-order valence-electron chi connectivity index (χ4n) is 3.04. The zero-order valence-electron chi connectivity index (χ0n) is 11.7. The fourth-order valence-corrected chi connectivity index (χ4v) is 3.04. The Morgan fingerprint density at radius 2 is 2.11 bits per heavy atom. The number of rotatable bonds is 6. The Balaban J connectivity index is 1.86. The van der Waals surface area contributed by atoms with Gasteiger partial charge in [0.25, 0.3) is 0 Å². The molecule has 0 bridgehead atoms. The second kappa shape index (κ2) is 7.01. The van der Waals surface area contributed by atoms with E-state index in [2.05, 4.69) is 11.8 Å². The Morgan fingerprint density at radius 1 is 1.37 bits per heavy atom. The largest absolute Gasteiger partial charge is 0.388 e. The minimum atomic E-state index is -0.564. The van der Waals surface area contributed by atoms with E-state index >= 15 is 0 Å². The molecule has 1 aromatic rings. The van der Waals surface area contributed by atoms with Gasteiger partial charge in [0.1, 0.15) is 5.82 Å². The molecule has 19 heavy (non-hydrogen) atoms. The molecule has 2 rings (SSSR count). The van der Waals surface area contributed by atoms with E-state index in [1.807, 2.05) is 0 Å². The van der Waals surface area contributed by atoms with Crippen molar-refractivity contribution in [3.63, 3.8) is 0 Å². The van der Waals surface area contributed by atoms with Crippen LogP contribution >= 0.6 is 0 Å². The van der Waals surface area contributed by atoms with E-state index < -0.39 is 6.10 Å². The van der Waals surface area contributed by atoms with Crippen LogP contribution in [0, 0.1) is 5.82 Å². The van der Waals surface area contributed by atoms with Gasteiger partial charge in [0, 0.05) is 12.6 Å². The molecule has 0 radical (unpaired) electrons. The number of hydrogen-bond donors (Lipinski definition) is 1. The summed E-state index contributed by atoms with van der Waals surface area (Å²) in [4.78, 5) is 2.45. The SMILES string of the molecule is CCN(CCC(O)c1cccc(F)c1)C1CCCC1. The third-order valence-corrected chi connectivity index (χ3v) is 4.17. The molecule has 1 N–H and O–H groups in total. The lowest BCUT2D eigenvalue weighted by molar-refractivity contribution is 0.126. The van der Waals surface area contributed by atoms with Crippen LogP contribution in [0.25, 0.3) is 0 Å². The number of hydrogen-bond acceptors (Lipinski definition) is 2.